The van der Waals surface area contributed by atoms with Gasteiger partial charge >= 0.3 is 5.97 Å². The number of fused-ring (bicyclic) bond motifs is 2. The van der Waals surface area contributed by atoms with Crippen molar-refractivity contribution in [1.29, 1.82) is 0 Å². The highest BCUT2D eigenvalue weighted by atomic mass is 35.5. The van der Waals surface area contributed by atoms with Crippen molar-refractivity contribution in [3.05, 3.63) is 118 Å². The number of hydrogen-bond acceptors (Lipinski definition) is 5. The summed E-state index contributed by atoms with van der Waals surface area (Å²) in [5, 5.41) is 8.46. The number of nitrogens with one attached hydrogen (secondary N) is 1. The van der Waals surface area contributed by atoms with E-state index in [1.54, 1.807) is 12.1 Å². The number of hydrogen-bond donors (Lipinski definition) is 1. The summed E-state index contributed by atoms with van der Waals surface area (Å²) < 4.78 is 11.3. The zero-order valence-electron chi connectivity index (χ0n) is 19.9. The van der Waals surface area contributed by atoms with E-state index >= 15 is 0 Å². The van der Waals surface area contributed by atoms with Crippen molar-refractivity contribution in [2.45, 2.75) is 0 Å². The normalized spacial score (nSPS) is 11.1. The molecule has 188 valence electrons. The van der Waals surface area contributed by atoms with Crippen molar-refractivity contribution in [2.24, 2.45) is 5.10 Å². The highest BCUT2D eigenvalue weighted by molar-refractivity contribution is 6.36. The molecule has 5 aromatic carbocycles. The van der Waals surface area contributed by atoms with Crippen LogP contribution in [-0.4, -0.2) is 24.7 Å². The average molecular weight is 543 g/mol. The fourth-order valence-corrected chi connectivity index (χ4v) is 4.40. The third-order valence-electron chi connectivity index (χ3n) is 5.76. The van der Waals surface area contributed by atoms with E-state index in [9.17, 15) is 9.59 Å². The second kappa shape index (κ2) is 11.3. The number of esters is 1. The highest BCUT2D eigenvalue weighted by Gasteiger charge is 2.16. The molecule has 8 heteroatoms. The second-order valence-corrected chi connectivity index (χ2v) is 9.15. The molecule has 0 spiro atoms. The summed E-state index contributed by atoms with van der Waals surface area (Å²) in [6.07, 6.45) is 1.43. The number of carbonyl (C=O) groups is 2. The predicted molar refractivity (Wildman–Crippen MR) is 151 cm³/mol. The monoisotopic (exact) mass is 542 g/mol. The molecular weight excluding hydrogens is 523 g/mol. The summed E-state index contributed by atoms with van der Waals surface area (Å²) in [5.41, 5.74) is 3.14. The van der Waals surface area contributed by atoms with Gasteiger partial charge in [0.2, 0.25) is 0 Å². The van der Waals surface area contributed by atoms with Crippen LogP contribution in [0.3, 0.4) is 0 Å². The van der Waals surface area contributed by atoms with Crippen LogP contribution in [0.5, 0.6) is 11.5 Å². The largest absolute Gasteiger partial charge is 0.484 e. The van der Waals surface area contributed by atoms with Crippen molar-refractivity contribution >= 4 is 62.8 Å². The molecule has 5 rings (SSSR count). The summed E-state index contributed by atoms with van der Waals surface area (Å²) >= 11 is 12.1. The molecule has 0 atom stereocenters. The molecule has 0 saturated carbocycles. The first-order valence-electron chi connectivity index (χ1n) is 11.6. The van der Waals surface area contributed by atoms with Crippen molar-refractivity contribution in [3.63, 3.8) is 0 Å². The first kappa shape index (κ1) is 25.3. The molecule has 0 aliphatic heterocycles. The second-order valence-electron chi connectivity index (χ2n) is 8.30. The van der Waals surface area contributed by atoms with E-state index in [0.29, 0.717) is 16.3 Å². The number of benzene rings is 5. The molecule has 0 aliphatic carbocycles. The Morgan fingerprint density at radius 1 is 0.816 bits per heavy atom. The number of amides is 1. The molecule has 0 heterocycles. The Morgan fingerprint density at radius 2 is 1.55 bits per heavy atom. The number of halogens is 2. The van der Waals surface area contributed by atoms with E-state index < -0.39 is 11.9 Å². The van der Waals surface area contributed by atoms with Gasteiger partial charge in [-0.15, -0.1) is 0 Å². The van der Waals surface area contributed by atoms with Crippen LogP contribution in [0.4, 0.5) is 0 Å². The van der Waals surface area contributed by atoms with Crippen LogP contribution >= 0.6 is 23.2 Å². The number of nitrogens with zero attached hydrogens (tertiary/aromatic N) is 1. The summed E-state index contributed by atoms with van der Waals surface area (Å²) in [7, 11) is 0. The van der Waals surface area contributed by atoms with Gasteiger partial charge in [-0.2, -0.15) is 5.10 Å². The van der Waals surface area contributed by atoms with Crippen LogP contribution in [0.15, 0.2) is 102 Å². The van der Waals surface area contributed by atoms with Crippen LogP contribution in [0.2, 0.25) is 10.0 Å². The molecule has 0 saturated heterocycles. The lowest BCUT2D eigenvalue weighted by atomic mass is 10.0. The topological polar surface area (TPSA) is 77.0 Å². The van der Waals surface area contributed by atoms with Crippen molar-refractivity contribution < 1.29 is 19.1 Å². The minimum absolute atomic E-state index is 0.172. The number of ether oxygens (including phenoxy) is 2. The summed E-state index contributed by atoms with van der Waals surface area (Å²) in [6.45, 7) is -0.220. The fourth-order valence-electron chi connectivity index (χ4n) is 3.91. The predicted octanol–water partition coefficient (Wildman–Crippen LogP) is 7.05. The number of hydrazone groups is 1. The van der Waals surface area contributed by atoms with Gasteiger partial charge in [-0.25, -0.2) is 10.2 Å². The Morgan fingerprint density at radius 3 is 2.37 bits per heavy atom. The van der Waals surface area contributed by atoms with Gasteiger partial charge in [0.05, 0.1) is 16.8 Å². The smallest absolute Gasteiger partial charge is 0.345 e. The van der Waals surface area contributed by atoms with Gasteiger partial charge in [-0.3, -0.25) is 4.79 Å². The van der Waals surface area contributed by atoms with E-state index in [1.807, 2.05) is 72.8 Å². The maximum atomic E-state index is 12.8. The van der Waals surface area contributed by atoms with Gasteiger partial charge in [0, 0.05) is 10.6 Å². The van der Waals surface area contributed by atoms with Crippen LogP contribution in [0.1, 0.15) is 15.9 Å². The molecule has 0 bridgehead atoms. The zero-order chi connectivity index (χ0) is 26.5. The third kappa shape index (κ3) is 5.78. The minimum Gasteiger partial charge on any atom is -0.484 e. The Hall–Kier alpha value is -4.39. The molecule has 0 unspecified atom stereocenters. The lowest BCUT2D eigenvalue weighted by Crippen LogP contribution is -2.24. The minimum atomic E-state index is -0.649. The molecule has 0 aromatic heterocycles. The number of rotatable bonds is 7. The van der Waals surface area contributed by atoms with Gasteiger partial charge in [0.15, 0.2) is 6.61 Å². The van der Waals surface area contributed by atoms with Crippen LogP contribution in [-0.2, 0) is 4.79 Å². The summed E-state index contributed by atoms with van der Waals surface area (Å²) in [5.74, 6) is -0.261. The highest BCUT2D eigenvalue weighted by Crippen LogP contribution is 2.29. The van der Waals surface area contributed by atoms with Crippen LogP contribution < -0.4 is 14.9 Å². The van der Waals surface area contributed by atoms with Gasteiger partial charge in [-0.05, 0) is 57.9 Å². The lowest BCUT2D eigenvalue weighted by molar-refractivity contribution is -0.123. The van der Waals surface area contributed by atoms with Gasteiger partial charge in [-0.1, -0.05) is 83.9 Å². The van der Waals surface area contributed by atoms with Crippen LogP contribution in [0, 0.1) is 0 Å². The zero-order valence-corrected chi connectivity index (χ0v) is 21.4. The summed E-state index contributed by atoms with van der Waals surface area (Å²) in [4.78, 5) is 25.2. The first-order valence-corrected chi connectivity index (χ1v) is 12.4. The van der Waals surface area contributed by atoms with E-state index in [0.717, 1.165) is 21.5 Å². The Labute approximate surface area is 228 Å². The Balaban J connectivity index is 1.31. The van der Waals surface area contributed by atoms with E-state index in [-0.39, 0.29) is 22.9 Å². The van der Waals surface area contributed by atoms with Gasteiger partial charge < -0.3 is 9.47 Å². The van der Waals surface area contributed by atoms with E-state index in [2.05, 4.69) is 10.5 Å². The summed E-state index contributed by atoms with van der Waals surface area (Å²) in [6, 6.07) is 29.1. The Kier molecular flexibility index (Phi) is 7.54. The molecule has 1 N–H and O–H groups in total. The molecule has 5 aromatic rings. The van der Waals surface area contributed by atoms with Crippen molar-refractivity contribution in [3.8, 4) is 11.5 Å². The van der Waals surface area contributed by atoms with E-state index in [1.165, 1.54) is 18.3 Å². The SMILES string of the molecule is O=C(COc1ccc2ccccc2c1)NN=Cc1c(OC(=O)c2ccc(Cl)cc2Cl)ccc2ccccc12. The quantitative estimate of drug-likeness (QED) is 0.103. The molecule has 0 aliphatic rings. The van der Waals surface area contributed by atoms with Gasteiger partial charge in [0.1, 0.15) is 11.5 Å². The van der Waals surface area contributed by atoms with E-state index in [4.69, 9.17) is 32.7 Å². The molecule has 6 nitrogen and oxygen atoms in total. The van der Waals surface area contributed by atoms with Crippen molar-refractivity contribution in [1.82, 2.24) is 5.43 Å². The first-order chi connectivity index (χ1) is 18.5. The average Bonchev–Trinajstić information content (AvgIpc) is 2.92. The molecular formula is C30H20Cl2N2O4. The molecule has 0 fully saturated rings. The van der Waals surface area contributed by atoms with Crippen LogP contribution in [0.25, 0.3) is 21.5 Å². The molecule has 0 radical (unpaired) electrons. The van der Waals surface area contributed by atoms with Gasteiger partial charge in [0.25, 0.3) is 5.91 Å². The maximum absolute atomic E-state index is 12.8. The Bertz CT molecular complexity index is 1700. The lowest BCUT2D eigenvalue weighted by Gasteiger charge is -2.11. The molecule has 1 amide bonds. The van der Waals surface area contributed by atoms with Crippen molar-refractivity contribution in [2.75, 3.05) is 6.61 Å². The maximum Gasteiger partial charge on any atom is 0.345 e. The molecule has 38 heavy (non-hydrogen) atoms. The standard InChI is InChI=1S/C30H20Cl2N2O4/c31-22-11-13-25(27(32)16-22)30(36)38-28-14-10-20-6-3-4-8-24(20)26(28)17-33-34-29(35)18-37-23-12-9-19-5-1-2-7-21(19)15-23/h1-17H,18H2,(H,34,35). The fraction of sp³-hybridized carbons (Fsp3) is 0.0333. The third-order valence-corrected chi connectivity index (χ3v) is 6.31. The number of carbonyl (C=O) groups excluding carboxylic acids is 2.